The molecule has 6 heteroatoms. The topological polar surface area (TPSA) is 43.2 Å². The van der Waals surface area contributed by atoms with Crippen molar-refractivity contribution in [1.82, 2.24) is 0 Å². The summed E-state index contributed by atoms with van der Waals surface area (Å²) in [6.07, 6.45) is 3.36. The lowest BCUT2D eigenvalue weighted by molar-refractivity contribution is 0.292. The first-order valence-electron chi connectivity index (χ1n) is 12.2. The van der Waals surface area contributed by atoms with Crippen LogP contribution in [0.15, 0.2) is 22.1 Å². The Hall–Kier alpha value is -1.92. The van der Waals surface area contributed by atoms with Crippen molar-refractivity contribution < 1.29 is 9.47 Å². The smallest absolute Gasteiger partial charge is 0.227 e. The van der Waals surface area contributed by atoms with E-state index in [1.165, 1.54) is 48.2 Å². The summed E-state index contributed by atoms with van der Waals surface area (Å²) in [7, 11) is 0. The zero-order chi connectivity index (χ0) is 23.3. The van der Waals surface area contributed by atoms with Crippen LogP contribution >= 0.6 is 22.7 Å². The third kappa shape index (κ3) is 4.32. The van der Waals surface area contributed by atoms with Crippen LogP contribution in [-0.2, 0) is 9.47 Å². The first-order chi connectivity index (χ1) is 15.8. The Morgan fingerprint density at radius 1 is 0.758 bits per heavy atom. The molecule has 0 aromatic carbocycles. The van der Waals surface area contributed by atoms with Crippen LogP contribution in [0.1, 0.15) is 77.6 Å². The molecule has 3 aliphatic rings. The van der Waals surface area contributed by atoms with Crippen LogP contribution < -0.4 is 0 Å². The second-order valence-electron chi connectivity index (χ2n) is 10.1. The molecule has 2 aliphatic heterocycles. The average Bonchev–Trinajstić information content (AvgIpc) is 3.55. The van der Waals surface area contributed by atoms with Crippen molar-refractivity contribution in [3.8, 4) is 0 Å². The lowest BCUT2D eigenvalue weighted by atomic mass is 9.97. The molecule has 0 bridgehead atoms. The highest BCUT2D eigenvalue weighted by molar-refractivity contribution is 7.14. The summed E-state index contributed by atoms with van der Waals surface area (Å²) in [5.74, 6) is 2.66. The third-order valence-electron chi connectivity index (χ3n) is 6.85. The maximum absolute atomic E-state index is 6.11. The van der Waals surface area contributed by atoms with E-state index in [-0.39, 0.29) is 12.1 Å². The highest BCUT2D eigenvalue weighted by Gasteiger charge is 2.31. The van der Waals surface area contributed by atoms with Crippen molar-refractivity contribution in [1.29, 1.82) is 0 Å². The van der Waals surface area contributed by atoms with E-state index in [0.29, 0.717) is 25.0 Å². The van der Waals surface area contributed by atoms with E-state index in [1.54, 1.807) is 0 Å². The summed E-state index contributed by atoms with van der Waals surface area (Å²) in [5.41, 5.74) is 5.54. The van der Waals surface area contributed by atoms with Gasteiger partial charge < -0.3 is 9.47 Å². The lowest BCUT2D eigenvalue weighted by Gasteiger charge is -2.10. The van der Waals surface area contributed by atoms with Crippen LogP contribution in [0.4, 0.5) is 0 Å². The number of nitrogens with zero attached hydrogens (tertiary/aromatic N) is 2. The molecule has 0 radical (unpaired) electrons. The zero-order valence-electron chi connectivity index (χ0n) is 20.5. The van der Waals surface area contributed by atoms with Gasteiger partial charge in [0.25, 0.3) is 0 Å². The summed E-state index contributed by atoms with van der Waals surface area (Å²) in [5, 5.41) is 0. The van der Waals surface area contributed by atoms with Gasteiger partial charge in [0.1, 0.15) is 13.2 Å². The first kappa shape index (κ1) is 22.9. The largest absolute Gasteiger partial charge is 0.475 e. The summed E-state index contributed by atoms with van der Waals surface area (Å²) in [6.45, 7) is 14.6. The van der Waals surface area contributed by atoms with Crippen LogP contribution in [0.3, 0.4) is 0 Å². The Balaban J connectivity index is 1.58. The minimum atomic E-state index is 0.254. The number of hydrogen-bond acceptors (Lipinski definition) is 6. The van der Waals surface area contributed by atoms with Gasteiger partial charge in [-0.1, -0.05) is 27.7 Å². The third-order valence-corrected chi connectivity index (χ3v) is 8.93. The Morgan fingerprint density at radius 2 is 1.18 bits per heavy atom. The minimum Gasteiger partial charge on any atom is -0.475 e. The number of thiophene rings is 2. The summed E-state index contributed by atoms with van der Waals surface area (Å²) < 4.78 is 12.2. The molecule has 0 amide bonds. The van der Waals surface area contributed by atoms with Crippen LogP contribution in [-0.4, -0.2) is 37.1 Å². The van der Waals surface area contributed by atoms with Gasteiger partial charge in [0, 0.05) is 20.9 Å². The molecule has 2 aromatic rings. The van der Waals surface area contributed by atoms with Crippen molar-refractivity contribution in [2.75, 3.05) is 13.2 Å². The average molecular weight is 483 g/mol. The number of ether oxygens (including phenoxy) is 2. The normalized spacial score (nSPS) is 22.9. The Morgan fingerprint density at radius 3 is 1.55 bits per heavy atom. The van der Waals surface area contributed by atoms with Gasteiger partial charge in [0.2, 0.25) is 11.8 Å². The van der Waals surface area contributed by atoms with Gasteiger partial charge in [-0.2, -0.15) is 0 Å². The van der Waals surface area contributed by atoms with Crippen molar-refractivity contribution in [2.24, 2.45) is 21.8 Å². The second-order valence-corrected chi connectivity index (χ2v) is 12.6. The van der Waals surface area contributed by atoms with Crippen molar-refractivity contribution >= 4 is 45.6 Å². The van der Waals surface area contributed by atoms with Crippen LogP contribution in [0.25, 0.3) is 11.1 Å². The maximum atomic E-state index is 6.11. The standard InChI is InChI=1S/C27H34N2O2S2/c1-14(2)22-12-30-26(28-22)24-20(10-16(5)32-24)18-8-7-9-19(18)21-11-17(6)33-25(21)27-29-23(13-31-27)15(3)4/h10-11,14-15,22-23H,7-9,12-13H2,1-6H3/t22-,23-/m1/s1. The molecule has 2 atom stereocenters. The lowest BCUT2D eigenvalue weighted by Crippen LogP contribution is -2.13. The van der Waals surface area contributed by atoms with E-state index in [4.69, 9.17) is 19.5 Å². The van der Waals surface area contributed by atoms with Crippen LogP contribution in [0.2, 0.25) is 0 Å². The second kappa shape index (κ2) is 9.03. The van der Waals surface area contributed by atoms with E-state index >= 15 is 0 Å². The maximum Gasteiger partial charge on any atom is 0.227 e. The van der Waals surface area contributed by atoms with Gasteiger partial charge >= 0.3 is 0 Å². The molecule has 0 fully saturated rings. The van der Waals surface area contributed by atoms with E-state index in [2.05, 4.69) is 53.7 Å². The molecule has 176 valence electrons. The molecular weight excluding hydrogens is 448 g/mol. The molecule has 4 nitrogen and oxygen atoms in total. The summed E-state index contributed by atoms with van der Waals surface area (Å²) in [4.78, 5) is 14.9. The number of hydrogen-bond donors (Lipinski definition) is 0. The van der Waals surface area contributed by atoms with Gasteiger partial charge in [0.05, 0.1) is 21.8 Å². The minimum absolute atomic E-state index is 0.254. The number of rotatable bonds is 6. The van der Waals surface area contributed by atoms with Crippen molar-refractivity contribution in [2.45, 2.75) is 72.9 Å². The SMILES string of the molecule is Cc1cc(C2=C(c3cc(C)sc3C3=N[C@@H](C(C)C)CO3)CCC2)c(C2=N[C@@H](C(C)C)CO2)s1. The molecule has 4 heterocycles. The Kier molecular flexibility index (Phi) is 6.25. The van der Waals surface area contributed by atoms with Gasteiger partial charge in [-0.15, -0.1) is 22.7 Å². The monoisotopic (exact) mass is 482 g/mol. The van der Waals surface area contributed by atoms with E-state index in [1.807, 2.05) is 22.7 Å². The first-order valence-corrected chi connectivity index (χ1v) is 13.8. The fraction of sp³-hybridized carbons (Fsp3) is 0.556. The molecule has 33 heavy (non-hydrogen) atoms. The summed E-state index contributed by atoms with van der Waals surface area (Å²) in [6, 6.07) is 5.19. The summed E-state index contributed by atoms with van der Waals surface area (Å²) >= 11 is 3.62. The zero-order valence-corrected chi connectivity index (χ0v) is 22.2. The highest BCUT2D eigenvalue weighted by Crippen LogP contribution is 2.46. The molecule has 5 rings (SSSR count). The Labute approximate surface area is 205 Å². The Bertz CT molecular complexity index is 1060. The van der Waals surface area contributed by atoms with Gasteiger partial charge in [-0.3, -0.25) is 0 Å². The van der Waals surface area contributed by atoms with Crippen LogP contribution in [0.5, 0.6) is 0 Å². The fourth-order valence-electron chi connectivity index (χ4n) is 4.84. The molecule has 2 aromatic heterocycles. The predicted octanol–water partition coefficient (Wildman–Crippen LogP) is 7.12. The van der Waals surface area contributed by atoms with Crippen LogP contribution in [0, 0.1) is 25.7 Å². The molecule has 1 aliphatic carbocycles. The number of aliphatic imine (C=N–C) groups is 2. The molecule has 0 unspecified atom stereocenters. The highest BCUT2D eigenvalue weighted by atomic mass is 32.1. The van der Waals surface area contributed by atoms with E-state index < -0.39 is 0 Å². The van der Waals surface area contributed by atoms with Crippen molar-refractivity contribution in [3.05, 3.63) is 42.8 Å². The van der Waals surface area contributed by atoms with Gasteiger partial charge in [0.15, 0.2) is 0 Å². The molecule has 0 spiro atoms. The molecule has 0 N–H and O–H groups in total. The molecule has 0 saturated heterocycles. The molecular formula is C27H34N2O2S2. The fourth-order valence-corrected chi connectivity index (χ4v) is 6.82. The van der Waals surface area contributed by atoms with E-state index in [0.717, 1.165) is 24.6 Å². The quantitative estimate of drug-likeness (QED) is 0.440. The van der Waals surface area contributed by atoms with Crippen molar-refractivity contribution in [3.63, 3.8) is 0 Å². The van der Waals surface area contributed by atoms with Gasteiger partial charge in [-0.25, -0.2) is 9.98 Å². The molecule has 0 saturated carbocycles. The predicted molar refractivity (Wildman–Crippen MR) is 141 cm³/mol. The number of allylic oxidation sites excluding steroid dienone is 2. The van der Waals surface area contributed by atoms with Gasteiger partial charge in [-0.05, 0) is 68.2 Å². The van der Waals surface area contributed by atoms with E-state index in [9.17, 15) is 0 Å². The number of aryl methyl sites for hydroxylation is 2.